The molecule has 1 heterocycles. The van der Waals surface area contributed by atoms with Crippen molar-refractivity contribution < 1.29 is 4.79 Å². The highest BCUT2D eigenvalue weighted by Crippen LogP contribution is 2.15. The summed E-state index contributed by atoms with van der Waals surface area (Å²) in [6.45, 7) is 0.381. The van der Waals surface area contributed by atoms with Crippen LogP contribution in [0, 0.1) is 11.3 Å². The van der Waals surface area contributed by atoms with E-state index >= 15 is 0 Å². The molecule has 1 aromatic rings. The van der Waals surface area contributed by atoms with E-state index in [2.05, 4.69) is 5.10 Å². The maximum atomic E-state index is 11.6. The molecule has 1 aromatic carbocycles. The second kappa shape index (κ2) is 5.26. The van der Waals surface area contributed by atoms with Crippen molar-refractivity contribution in [3.8, 4) is 6.07 Å². The molecule has 0 radical (unpaired) electrons. The molecule has 1 aliphatic rings. The fourth-order valence-electron chi connectivity index (χ4n) is 1.77. The minimum absolute atomic E-state index is 0.0000638. The van der Waals surface area contributed by atoms with E-state index in [0.29, 0.717) is 25.8 Å². The van der Waals surface area contributed by atoms with Crippen molar-refractivity contribution in [2.75, 3.05) is 6.54 Å². The average Bonchev–Trinajstić information content (AvgIpc) is 2.39. The van der Waals surface area contributed by atoms with Crippen LogP contribution in [0.2, 0.25) is 0 Å². The van der Waals surface area contributed by atoms with Crippen LogP contribution in [-0.2, 0) is 4.79 Å². The van der Waals surface area contributed by atoms with Crippen molar-refractivity contribution in [1.29, 1.82) is 5.26 Å². The molecule has 4 heteroatoms. The van der Waals surface area contributed by atoms with Gasteiger partial charge in [0.05, 0.1) is 24.7 Å². The zero-order valence-electron chi connectivity index (χ0n) is 9.47. The monoisotopic (exact) mass is 227 g/mol. The Kier molecular flexibility index (Phi) is 3.51. The quantitative estimate of drug-likeness (QED) is 0.792. The van der Waals surface area contributed by atoms with Crippen molar-refractivity contribution in [3.63, 3.8) is 0 Å². The first kappa shape index (κ1) is 11.3. The Bertz CT molecular complexity index is 473. The summed E-state index contributed by atoms with van der Waals surface area (Å²) in [7, 11) is 0. The van der Waals surface area contributed by atoms with Gasteiger partial charge in [0.15, 0.2) is 0 Å². The van der Waals surface area contributed by atoms with E-state index in [1.54, 1.807) is 0 Å². The maximum absolute atomic E-state index is 11.6. The van der Waals surface area contributed by atoms with Crippen LogP contribution in [0.15, 0.2) is 35.4 Å². The van der Waals surface area contributed by atoms with Gasteiger partial charge in [-0.25, -0.2) is 5.01 Å². The lowest BCUT2D eigenvalue weighted by Crippen LogP contribution is -2.32. The molecule has 0 spiro atoms. The molecule has 2 rings (SSSR count). The van der Waals surface area contributed by atoms with Crippen LogP contribution in [0.4, 0.5) is 0 Å². The average molecular weight is 227 g/mol. The van der Waals surface area contributed by atoms with Gasteiger partial charge in [-0.1, -0.05) is 30.3 Å². The number of nitriles is 1. The molecule has 0 saturated carbocycles. The van der Waals surface area contributed by atoms with E-state index in [1.165, 1.54) is 5.01 Å². The summed E-state index contributed by atoms with van der Waals surface area (Å²) in [6, 6.07) is 11.8. The first-order valence-electron chi connectivity index (χ1n) is 5.61. The molecule has 86 valence electrons. The minimum Gasteiger partial charge on any atom is -0.273 e. The number of carbonyl (C=O) groups excluding carboxylic acids is 1. The van der Waals surface area contributed by atoms with E-state index in [-0.39, 0.29) is 5.91 Å². The third-order valence-corrected chi connectivity index (χ3v) is 2.65. The summed E-state index contributed by atoms with van der Waals surface area (Å²) in [6.07, 6.45) is 1.46. The number of rotatable bonds is 3. The summed E-state index contributed by atoms with van der Waals surface area (Å²) >= 11 is 0. The highest BCUT2D eigenvalue weighted by atomic mass is 16.2. The predicted molar refractivity (Wildman–Crippen MR) is 64.2 cm³/mol. The molecule has 0 atom stereocenters. The second-order valence-corrected chi connectivity index (χ2v) is 3.84. The van der Waals surface area contributed by atoms with E-state index in [4.69, 9.17) is 5.26 Å². The lowest BCUT2D eigenvalue weighted by Gasteiger charge is -2.22. The van der Waals surface area contributed by atoms with Crippen LogP contribution >= 0.6 is 0 Å². The Morgan fingerprint density at radius 2 is 2.06 bits per heavy atom. The number of amides is 1. The number of hydrogen-bond acceptors (Lipinski definition) is 3. The summed E-state index contributed by atoms with van der Waals surface area (Å²) < 4.78 is 0. The summed E-state index contributed by atoms with van der Waals surface area (Å²) in [4.78, 5) is 11.6. The molecule has 0 aliphatic carbocycles. The zero-order valence-corrected chi connectivity index (χ0v) is 9.47. The summed E-state index contributed by atoms with van der Waals surface area (Å²) in [5.74, 6) is -0.0000638. The van der Waals surface area contributed by atoms with Gasteiger partial charge in [0.2, 0.25) is 5.91 Å². The summed E-state index contributed by atoms with van der Waals surface area (Å²) in [5.41, 5.74) is 1.96. The Balaban J connectivity index is 2.19. The standard InChI is InChI=1S/C13H13N3O/c14-9-4-10-16-13(17)8-7-12(15-16)11-5-2-1-3-6-11/h1-3,5-6H,4,7-8,10H2. The number of hydrogen-bond donors (Lipinski definition) is 0. The maximum Gasteiger partial charge on any atom is 0.243 e. The highest BCUT2D eigenvalue weighted by molar-refractivity contribution is 6.04. The Hall–Kier alpha value is -2.15. The van der Waals surface area contributed by atoms with Gasteiger partial charge in [-0.3, -0.25) is 4.79 Å². The zero-order chi connectivity index (χ0) is 12.1. The fraction of sp³-hybridized carbons (Fsp3) is 0.308. The third kappa shape index (κ3) is 2.70. The van der Waals surface area contributed by atoms with Crippen molar-refractivity contribution >= 4 is 11.6 Å². The molecular weight excluding hydrogens is 214 g/mol. The number of hydrazone groups is 1. The molecule has 0 N–H and O–H groups in total. The lowest BCUT2D eigenvalue weighted by molar-refractivity contribution is -0.131. The van der Waals surface area contributed by atoms with Gasteiger partial charge in [-0.15, -0.1) is 0 Å². The lowest BCUT2D eigenvalue weighted by atomic mass is 10.0. The van der Waals surface area contributed by atoms with Crippen LogP contribution in [0.5, 0.6) is 0 Å². The molecule has 1 aliphatic heterocycles. The van der Waals surface area contributed by atoms with Gasteiger partial charge in [-0.2, -0.15) is 10.4 Å². The van der Waals surface area contributed by atoms with Crippen molar-refractivity contribution in [3.05, 3.63) is 35.9 Å². The molecule has 0 bridgehead atoms. The van der Waals surface area contributed by atoms with Crippen LogP contribution in [0.25, 0.3) is 0 Å². The SMILES string of the molecule is N#CCCN1N=C(c2ccccc2)CCC1=O. The van der Waals surface area contributed by atoms with E-state index < -0.39 is 0 Å². The first-order chi connectivity index (χ1) is 8.31. The van der Waals surface area contributed by atoms with Crippen LogP contribution in [0.1, 0.15) is 24.8 Å². The van der Waals surface area contributed by atoms with E-state index in [1.807, 2.05) is 36.4 Å². The Morgan fingerprint density at radius 1 is 1.29 bits per heavy atom. The molecular formula is C13H13N3O. The predicted octanol–water partition coefficient (Wildman–Crippen LogP) is 1.93. The number of nitrogens with zero attached hydrogens (tertiary/aromatic N) is 3. The Morgan fingerprint density at radius 3 is 2.76 bits per heavy atom. The van der Waals surface area contributed by atoms with Crippen LogP contribution in [0.3, 0.4) is 0 Å². The first-order valence-corrected chi connectivity index (χ1v) is 5.61. The topological polar surface area (TPSA) is 56.5 Å². The number of benzene rings is 1. The Labute approximate surface area is 100 Å². The van der Waals surface area contributed by atoms with E-state index in [0.717, 1.165) is 11.3 Å². The molecule has 4 nitrogen and oxygen atoms in total. The largest absolute Gasteiger partial charge is 0.273 e. The minimum atomic E-state index is -0.0000638. The normalized spacial score (nSPS) is 15.4. The second-order valence-electron chi connectivity index (χ2n) is 3.84. The van der Waals surface area contributed by atoms with Gasteiger partial charge < -0.3 is 0 Å². The molecule has 0 fully saturated rings. The van der Waals surface area contributed by atoms with E-state index in [9.17, 15) is 4.79 Å². The van der Waals surface area contributed by atoms with Gasteiger partial charge in [0.25, 0.3) is 0 Å². The van der Waals surface area contributed by atoms with Crippen molar-refractivity contribution in [2.45, 2.75) is 19.3 Å². The summed E-state index contributed by atoms with van der Waals surface area (Å²) in [5, 5.41) is 14.3. The molecule has 0 aromatic heterocycles. The molecule has 0 saturated heterocycles. The number of carbonyl (C=O) groups is 1. The highest BCUT2D eigenvalue weighted by Gasteiger charge is 2.20. The molecule has 0 unspecified atom stereocenters. The van der Waals surface area contributed by atoms with Gasteiger partial charge >= 0.3 is 0 Å². The fourth-order valence-corrected chi connectivity index (χ4v) is 1.77. The van der Waals surface area contributed by atoms with Crippen LogP contribution < -0.4 is 0 Å². The third-order valence-electron chi connectivity index (χ3n) is 2.65. The van der Waals surface area contributed by atoms with Crippen molar-refractivity contribution in [2.24, 2.45) is 5.10 Å². The van der Waals surface area contributed by atoms with Gasteiger partial charge in [-0.05, 0) is 5.56 Å². The smallest absolute Gasteiger partial charge is 0.243 e. The van der Waals surface area contributed by atoms with Crippen LogP contribution in [-0.4, -0.2) is 23.2 Å². The van der Waals surface area contributed by atoms with Crippen molar-refractivity contribution in [1.82, 2.24) is 5.01 Å². The molecule has 17 heavy (non-hydrogen) atoms. The molecule has 1 amide bonds. The van der Waals surface area contributed by atoms with Gasteiger partial charge in [0.1, 0.15) is 0 Å². The van der Waals surface area contributed by atoms with Gasteiger partial charge in [0, 0.05) is 12.8 Å².